The van der Waals surface area contributed by atoms with Gasteiger partial charge in [0.1, 0.15) is 5.75 Å². The molecule has 0 bridgehead atoms. The van der Waals surface area contributed by atoms with Crippen LogP contribution >= 0.6 is 21.7 Å². The van der Waals surface area contributed by atoms with Gasteiger partial charge in [-0.05, 0) is 77.4 Å². The zero-order valence-electron chi connectivity index (χ0n) is 23.2. The number of benzene rings is 3. The van der Waals surface area contributed by atoms with E-state index in [0.717, 1.165) is 22.4 Å². The van der Waals surface area contributed by atoms with Crippen LogP contribution in [0.4, 0.5) is 0 Å². The van der Waals surface area contributed by atoms with Crippen molar-refractivity contribution >= 4 is 57.8 Å². The van der Waals surface area contributed by atoms with Crippen molar-refractivity contribution in [1.82, 2.24) is 9.56 Å². The van der Waals surface area contributed by atoms with Crippen LogP contribution in [0.2, 0.25) is 0 Å². The van der Waals surface area contributed by atoms with Gasteiger partial charge >= 0.3 is 21.7 Å². The first kappa shape index (κ1) is 32.7. The van der Waals surface area contributed by atoms with E-state index in [-0.39, 0.29) is 6.16 Å². The minimum atomic E-state index is -3.14. The van der Waals surface area contributed by atoms with Crippen molar-refractivity contribution in [3.63, 3.8) is 0 Å². The maximum atomic E-state index is 12.3. The van der Waals surface area contributed by atoms with Crippen molar-refractivity contribution in [2.24, 2.45) is 10.2 Å². The Kier molecular flexibility index (Phi) is 12.8. The summed E-state index contributed by atoms with van der Waals surface area (Å²) >= 11 is 11.0. The third kappa shape index (κ3) is 10.5. The molecular weight excluding hydrogens is 621 g/mol. The van der Waals surface area contributed by atoms with E-state index in [1.165, 1.54) is 14.2 Å². The highest BCUT2D eigenvalue weighted by molar-refractivity contribution is 8.02. The first-order valence-electron chi connectivity index (χ1n) is 12.0. The van der Waals surface area contributed by atoms with E-state index in [1.807, 2.05) is 48.5 Å². The molecular formula is C26H31N4O6P3S2+2. The van der Waals surface area contributed by atoms with Gasteiger partial charge < -0.3 is 13.8 Å². The minimum Gasteiger partial charge on any atom is -0.497 e. The van der Waals surface area contributed by atoms with Crippen molar-refractivity contribution < 1.29 is 27.4 Å². The van der Waals surface area contributed by atoms with Crippen molar-refractivity contribution in [3.8, 4) is 17.2 Å². The van der Waals surface area contributed by atoms with Gasteiger partial charge in [0.25, 0.3) is 0 Å². The fraction of sp³-hybridized carbons (Fsp3) is 0.231. The van der Waals surface area contributed by atoms with E-state index < -0.39 is 21.7 Å². The zero-order valence-corrected chi connectivity index (χ0v) is 27.5. The van der Waals surface area contributed by atoms with Crippen LogP contribution in [-0.2, 0) is 43.4 Å². The van der Waals surface area contributed by atoms with Crippen molar-refractivity contribution in [3.05, 3.63) is 89.5 Å². The van der Waals surface area contributed by atoms with Crippen LogP contribution in [0.5, 0.6) is 17.2 Å². The molecule has 15 heteroatoms. The summed E-state index contributed by atoms with van der Waals surface area (Å²) in [6.07, 6.45) is 3.57. The van der Waals surface area contributed by atoms with Crippen LogP contribution in [0, 0.1) is 0 Å². The maximum Gasteiger partial charge on any atom is 0.540 e. The summed E-state index contributed by atoms with van der Waals surface area (Å²) < 4.78 is 42.4. The highest BCUT2D eigenvalue weighted by Gasteiger charge is 2.23. The molecule has 2 unspecified atom stereocenters. The van der Waals surface area contributed by atoms with Crippen LogP contribution in [-0.4, -0.2) is 57.4 Å². The summed E-state index contributed by atoms with van der Waals surface area (Å²) in [7, 11) is 1.90. The lowest BCUT2D eigenvalue weighted by Gasteiger charge is -2.13. The van der Waals surface area contributed by atoms with E-state index >= 15 is 0 Å². The number of ether oxygens (including phenoxy) is 1. The Morgan fingerprint density at radius 2 is 1.10 bits per heavy atom. The lowest BCUT2D eigenvalue weighted by molar-refractivity contribution is 0.275. The average Bonchev–Trinajstić information content (AvgIpc) is 3.00. The summed E-state index contributed by atoms with van der Waals surface area (Å²) in [5.74, 6) is 2.00. The largest absolute Gasteiger partial charge is 0.540 e. The van der Waals surface area contributed by atoms with Gasteiger partial charge in [-0.1, -0.05) is 21.7 Å². The van der Waals surface area contributed by atoms with Crippen LogP contribution in [0.25, 0.3) is 0 Å². The highest BCUT2D eigenvalue weighted by atomic mass is 32.4. The van der Waals surface area contributed by atoms with E-state index in [0.29, 0.717) is 11.5 Å². The standard InChI is InChI=1S/C26H31N4O6P3S2/c1-29(27-18-21-6-12-24(32-3)13-7-21)37(40)35-25-14-8-22(9-15-25)19-28-30(2)38(41)36-26-16-10-23(11-17-26)20-39(31,33-4)34-5/h6-19H,20H2,1-5H3/q+2/b27-18+,28-19+. The number of hydrazone groups is 2. The number of methoxy groups -OCH3 is 1. The fourth-order valence-electron chi connectivity index (χ4n) is 3.07. The molecule has 3 aromatic rings. The second kappa shape index (κ2) is 16.0. The number of nitrogens with zero attached hydrogens (tertiary/aromatic N) is 4. The Balaban J connectivity index is 1.49. The Morgan fingerprint density at radius 3 is 1.49 bits per heavy atom. The molecule has 41 heavy (non-hydrogen) atoms. The first-order chi connectivity index (χ1) is 19.6. The molecule has 0 amide bonds. The molecule has 2 atom stereocenters. The highest BCUT2D eigenvalue weighted by Crippen LogP contribution is 2.49. The molecule has 0 N–H and O–H groups in total. The van der Waals surface area contributed by atoms with Crippen LogP contribution < -0.4 is 13.8 Å². The van der Waals surface area contributed by atoms with Gasteiger partial charge in [0.05, 0.1) is 39.8 Å². The molecule has 0 saturated carbocycles. The van der Waals surface area contributed by atoms with Gasteiger partial charge in [0.2, 0.25) is 23.6 Å². The molecule has 0 saturated heterocycles. The average molecular weight is 653 g/mol. The number of rotatable bonds is 15. The fourth-order valence-corrected chi connectivity index (χ4v) is 6.02. The smallest absolute Gasteiger partial charge is 0.497 e. The van der Waals surface area contributed by atoms with Crippen molar-refractivity contribution in [1.29, 1.82) is 0 Å². The molecule has 0 radical (unpaired) electrons. The monoisotopic (exact) mass is 652 g/mol. The Morgan fingerprint density at radius 1 is 0.707 bits per heavy atom. The molecule has 0 aliphatic rings. The van der Waals surface area contributed by atoms with Gasteiger partial charge in [-0.15, -0.1) is 10.2 Å². The van der Waals surface area contributed by atoms with Gasteiger partial charge in [-0.25, -0.2) is 0 Å². The van der Waals surface area contributed by atoms with Gasteiger partial charge in [0.15, 0.2) is 11.5 Å². The van der Waals surface area contributed by atoms with Gasteiger partial charge in [0, 0.05) is 14.2 Å². The summed E-state index contributed by atoms with van der Waals surface area (Å²) in [6, 6.07) is 22.1. The maximum absolute atomic E-state index is 12.3. The summed E-state index contributed by atoms with van der Waals surface area (Å²) in [5, 5.41) is 8.79. The number of hydrogen-bond donors (Lipinski definition) is 0. The van der Waals surface area contributed by atoms with Gasteiger partial charge in [-0.2, -0.15) is 0 Å². The van der Waals surface area contributed by atoms with Crippen molar-refractivity contribution in [2.45, 2.75) is 6.16 Å². The minimum absolute atomic E-state index is 0.167. The quantitative estimate of drug-likeness (QED) is 0.0979. The van der Waals surface area contributed by atoms with Crippen LogP contribution in [0.15, 0.2) is 83.0 Å². The Labute approximate surface area is 252 Å². The third-order valence-electron chi connectivity index (χ3n) is 5.44. The van der Waals surface area contributed by atoms with Crippen molar-refractivity contribution in [2.75, 3.05) is 35.4 Å². The topological polar surface area (TPSA) is 94.4 Å². The molecule has 0 aliphatic carbocycles. The summed E-state index contributed by atoms with van der Waals surface area (Å²) in [6.45, 7) is 0. The molecule has 0 aliphatic heterocycles. The molecule has 0 fully saturated rings. The van der Waals surface area contributed by atoms with Crippen LogP contribution in [0.3, 0.4) is 0 Å². The molecule has 3 aromatic carbocycles. The van der Waals surface area contributed by atoms with E-state index in [4.69, 9.17) is 46.4 Å². The van der Waals surface area contributed by atoms with E-state index in [1.54, 1.807) is 67.5 Å². The molecule has 216 valence electrons. The summed E-state index contributed by atoms with van der Waals surface area (Å²) in [5.41, 5.74) is 2.58. The predicted molar refractivity (Wildman–Crippen MR) is 172 cm³/mol. The van der Waals surface area contributed by atoms with E-state index in [9.17, 15) is 4.57 Å². The molecule has 0 heterocycles. The SMILES string of the molecule is COc1ccc(/C=N/N(C)[P+](=S)Oc2ccc(/C=N/N(C)[P+](=S)Oc3ccc(CP(=O)(OC)OC)cc3)cc2)cc1. The Hall–Kier alpha value is -2.81. The normalized spacial score (nSPS) is 12.3. The zero-order chi connectivity index (χ0) is 29.8. The lowest BCUT2D eigenvalue weighted by Crippen LogP contribution is -2.04. The van der Waals surface area contributed by atoms with Gasteiger partial charge in [-0.3, -0.25) is 13.6 Å². The third-order valence-corrected chi connectivity index (χ3v) is 11.1. The second-order valence-electron chi connectivity index (χ2n) is 8.25. The van der Waals surface area contributed by atoms with E-state index in [2.05, 4.69) is 10.2 Å². The predicted octanol–water partition coefficient (Wildman–Crippen LogP) is 6.92. The molecule has 0 spiro atoms. The van der Waals surface area contributed by atoms with Crippen LogP contribution in [0.1, 0.15) is 16.7 Å². The first-order valence-corrected chi connectivity index (χ1v) is 18.2. The second-order valence-corrected chi connectivity index (χ2v) is 14.9. The number of hydrogen-bond acceptors (Lipinski definition) is 10. The molecule has 10 nitrogen and oxygen atoms in total. The molecule has 0 aromatic heterocycles. The lowest BCUT2D eigenvalue weighted by atomic mass is 10.2. The Bertz CT molecular complexity index is 1420. The molecule has 3 rings (SSSR count). The summed E-state index contributed by atoms with van der Waals surface area (Å²) in [4.78, 5) is 0.